The zero-order chi connectivity index (χ0) is 18.4. The Labute approximate surface area is 157 Å². The quantitative estimate of drug-likeness (QED) is 0.660. The van der Waals surface area contributed by atoms with Gasteiger partial charge in [-0.1, -0.05) is 12.8 Å². The van der Waals surface area contributed by atoms with Crippen molar-refractivity contribution >= 4 is 23.3 Å². The first kappa shape index (κ1) is 19.1. The number of hydrogen-bond acceptors (Lipinski definition) is 5. The minimum Gasteiger partial charge on any atom is -0.350 e. The van der Waals surface area contributed by atoms with E-state index < -0.39 is 0 Å². The molecule has 7 nitrogen and oxygen atoms in total. The highest BCUT2D eigenvalue weighted by Crippen LogP contribution is 2.24. The van der Waals surface area contributed by atoms with Gasteiger partial charge in [-0.2, -0.15) is 0 Å². The van der Waals surface area contributed by atoms with Crippen LogP contribution in [0.5, 0.6) is 0 Å². The first-order valence-corrected chi connectivity index (χ1v) is 10.2. The Kier molecular flexibility index (Phi) is 6.87. The van der Waals surface area contributed by atoms with E-state index in [1.165, 1.54) is 24.2 Å². The second kappa shape index (κ2) is 9.34. The molecule has 3 rings (SSSR count). The van der Waals surface area contributed by atoms with Crippen molar-refractivity contribution in [1.82, 2.24) is 16.1 Å². The summed E-state index contributed by atoms with van der Waals surface area (Å²) in [6, 6.07) is 3.57. The maximum absolute atomic E-state index is 12.2. The summed E-state index contributed by atoms with van der Waals surface area (Å²) in [4.78, 5) is 31.0. The number of hydrogen-bond donors (Lipinski definition) is 3. The lowest BCUT2D eigenvalue weighted by molar-refractivity contribution is -0.186. The number of carbonyl (C=O) groups excluding carboxylic acids is 2. The number of thiophene rings is 1. The number of rotatable bonds is 6. The summed E-state index contributed by atoms with van der Waals surface area (Å²) in [5.74, 6) is -0.293. The topological polar surface area (TPSA) is 88.7 Å². The van der Waals surface area contributed by atoms with Crippen molar-refractivity contribution in [1.29, 1.82) is 0 Å². The van der Waals surface area contributed by atoms with Gasteiger partial charge < -0.3 is 15.4 Å². The van der Waals surface area contributed by atoms with E-state index in [0.717, 1.165) is 37.0 Å². The van der Waals surface area contributed by atoms with Crippen molar-refractivity contribution in [3.8, 4) is 0 Å². The van der Waals surface area contributed by atoms with Gasteiger partial charge in [0.05, 0.1) is 10.9 Å². The molecule has 1 aliphatic carbocycles. The molecule has 8 heteroatoms. The van der Waals surface area contributed by atoms with E-state index >= 15 is 0 Å². The number of hydroxylamine groups is 1. The van der Waals surface area contributed by atoms with Crippen molar-refractivity contribution < 1.29 is 19.2 Å². The molecule has 1 aliphatic heterocycles. The molecule has 144 valence electrons. The molecule has 0 bridgehead atoms. The maximum Gasteiger partial charge on any atom is 0.315 e. The van der Waals surface area contributed by atoms with E-state index in [-0.39, 0.29) is 30.3 Å². The van der Waals surface area contributed by atoms with Gasteiger partial charge in [0.25, 0.3) is 5.91 Å². The van der Waals surface area contributed by atoms with Crippen molar-refractivity contribution in [3.05, 3.63) is 21.9 Å². The Bertz CT molecular complexity index is 609. The molecule has 2 atom stereocenters. The van der Waals surface area contributed by atoms with E-state index in [1.807, 2.05) is 13.0 Å². The molecule has 2 unspecified atom stereocenters. The molecular weight excluding hydrogens is 354 g/mol. The van der Waals surface area contributed by atoms with Crippen molar-refractivity contribution in [2.75, 3.05) is 6.61 Å². The van der Waals surface area contributed by atoms with Crippen LogP contribution in [0.15, 0.2) is 12.1 Å². The molecule has 2 fully saturated rings. The van der Waals surface area contributed by atoms with Gasteiger partial charge in [0.15, 0.2) is 6.29 Å². The highest BCUT2D eigenvalue weighted by atomic mass is 32.1. The molecule has 26 heavy (non-hydrogen) atoms. The van der Waals surface area contributed by atoms with E-state index in [2.05, 4.69) is 16.1 Å². The standard InChI is InChI=1S/C18H27N3O4S/c1-12(19-18(23)20-13-6-2-3-7-13)14-9-10-15(26-14)17(22)21-25-16-8-4-5-11-24-16/h9-10,12-13,16H,2-8,11H2,1H3,(H,21,22)(H2,19,20,23). The van der Waals surface area contributed by atoms with Gasteiger partial charge in [-0.25, -0.2) is 15.1 Å². The molecule has 2 aliphatic rings. The van der Waals surface area contributed by atoms with Gasteiger partial charge in [0.2, 0.25) is 0 Å². The number of carbonyl (C=O) groups is 2. The van der Waals surface area contributed by atoms with Crippen LogP contribution in [0.3, 0.4) is 0 Å². The van der Waals surface area contributed by atoms with Gasteiger partial charge in [-0.15, -0.1) is 11.3 Å². The molecule has 1 aromatic heterocycles. The third kappa shape index (κ3) is 5.43. The molecular formula is C18H27N3O4S. The lowest BCUT2D eigenvalue weighted by Crippen LogP contribution is -2.41. The summed E-state index contributed by atoms with van der Waals surface area (Å²) in [6.45, 7) is 2.57. The smallest absolute Gasteiger partial charge is 0.315 e. The zero-order valence-electron chi connectivity index (χ0n) is 15.1. The fourth-order valence-corrected chi connectivity index (χ4v) is 4.14. The highest BCUT2D eigenvalue weighted by molar-refractivity contribution is 7.14. The molecule has 0 radical (unpaired) electrons. The Balaban J connectivity index is 1.44. The monoisotopic (exact) mass is 381 g/mol. The lowest BCUT2D eigenvalue weighted by Gasteiger charge is -2.21. The Morgan fingerprint density at radius 1 is 1.19 bits per heavy atom. The fraction of sp³-hybridized carbons (Fsp3) is 0.667. The third-order valence-electron chi connectivity index (χ3n) is 4.74. The first-order valence-electron chi connectivity index (χ1n) is 9.36. The van der Waals surface area contributed by atoms with Crippen LogP contribution in [0.25, 0.3) is 0 Å². The Morgan fingerprint density at radius 3 is 2.69 bits per heavy atom. The number of nitrogens with one attached hydrogen (secondary N) is 3. The highest BCUT2D eigenvalue weighted by Gasteiger charge is 2.20. The van der Waals surface area contributed by atoms with Crippen LogP contribution in [0, 0.1) is 0 Å². The van der Waals surface area contributed by atoms with Crippen molar-refractivity contribution in [3.63, 3.8) is 0 Å². The molecule has 3 amide bonds. The van der Waals surface area contributed by atoms with Crippen LogP contribution in [0.2, 0.25) is 0 Å². The van der Waals surface area contributed by atoms with E-state index in [1.54, 1.807) is 6.07 Å². The van der Waals surface area contributed by atoms with E-state index in [9.17, 15) is 9.59 Å². The van der Waals surface area contributed by atoms with Crippen LogP contribution in [-0.4, -0.2) is 30.9 Å². The molecule has 3 N–H and O–H groups in total. The van der Waals surface area contributed by atoms with Crippen molar-refractivity contribution in [2.45, 2.75) is 70.2 Å². The number of ether oxygens (including phenoxy) is 1. The summed E-state index contributed by atoms with van der Waals surface area (Å²) in [6.07, 6.45) is 6.94. The second-order valence-electron chi connectivity index (χ2n) is 6.87. The number of urea groups is 1. The summed E-state index contributed by atoms with van der Waals surface area (Å²) < 4.78 is 5.42. The van der Waals surface area contributed by atoms with Gasteiger partial charge in [-0.05, 0) is 44.7 Å². The Hall–Kier alpha value is -1.64. The SMILES string of the molecule is CC(NC(=O)NC1CCCC1)c1ccc(C(=O)NOC2CCCCO2)s1. The van der Waals surface area contributed by atoms with Crippen LogP contribution in [0.1, 0.15) is 72.5 Å². The fourth-order valence-electron chi connectivity index (χ4n) is 3.25. The minimum atomic E-state index is -0.369. The van der Waals surface area contributed by atoms with Crippen LogP contribution in [0.4, 0.5) is 4.79 Å². The molecule has 1 saturated heterocycles. The average molecular weight is 381 g/mol. The first-order chi connectivity index (χ1) is 12.6. The molecule has 2 heterocycles. The summed E-state index contributed by atoms with van der Waals surface area (Å²) in [5.41, 5.74) is 2.46. The summed E-state index contributed by atoms with van der Waals surface area (Å²) >= 11 is 1.35. The maximum atomic E-state index is 12.2. The Morgan fingerprint density at radius 2 is 1.96 bits per heavy atom. The van der Waals surface area contributed by atoms with Crippen LogP contribution < -0.4 is 16.1 Å². The normalized spacial score (nSPS) is 22.0. The van der Waals surface area contributed by atoms with Gasteiger partial charge >= 0.3 is 6.03 Å². The zero-order valence-corrected chi connectivity index (χ0v) is 15.9. The molecule has 1 aromatic rings. The predicted molar refractivity (Wildman–Crippen MR) is 98.8 cm³/mol. The average Bonchev–Trinajstić information content (AvgIpc) is 3.32. The van der Waals surface area contributed by atoms with Gasteiger partial charge in [0.1, 0.15) is 0 Å². The molecule has 0 spiro atoms. The van der Waals surface area contributed by atoms with E-state index in [0.29, 0.717) is 11.5 Å². The molecule has 0 aromatic carbocycles. The second-order valence-corrected chi connectivity index (χ2v) is 7.98. The van der Waals surface area contributed by atoms with Crippen LogP contribution >= 0.6 is 11.3 Å². The summed E-state index contributed by atoms with van der Waals surface area (Å²) in [5, 5.41) is 5.94. The lowest BCUT2D eigenvalue weighted by atomic mass is 10.2. The molecule has 1 saturated carbocycles. The van der Waals surface area contributed by atoms with Crippen LogP contribution in [-0.2, 0) is 9.57 Å². The van der Waals surface area contributed by atoms with E-state index in [4.69, 9.17) is 9.57 Å². The predicted octanol–water partition coefficient (Wildman–Crippen LogP) is 3.24. The van der Waals surface area contributed by atoms with Gasteiger partial charge in [0, 0.05) is 23.9 Å². The largest absolute Gasteiger partial charge is 0.350 e. The minimum absolute atomic E-state index is 0.151. The summed E-state index contributed by atoms with van der Waals surface area (Å²) in [7, 11) is 0. The van der Waals surface area contributed by atoms with Gasteiger partial charge in [-0.3, -0.25) is 4.79 Å². The number of amides is 3. The van der Waals surface area contributed by atoms with Crippen molar-refractivity contribution in [2.24, 2.45) is 0 Å². The third-order valence-corrected chi connectivity index (χ3v) is 6.00.